The van der Waals surface area contributed by atoms with Crippen molar-refractivity contribution in [3.8, 4) is 0 Å². The van der Waals surface area contributed by atoms with Crippen LogP contribution in [0, 0.1) is 5.92 Å². The van der Waals surface area contributed by atoms with Crippen LogP contribution in [0.15, 0.2) is 40.0 Å². The molecule has 0 spiro atoms. The second-order valence-electron chi connectivity index (χ2n) is 7.53. The minimum Gasteiger partial charge on any atom is -0.466 e. The summed E-state index contributed by atoms with van der Waals surface area (Å²) in [5, 5.41) is 5.63. The molecule has 0 radical (unpaired) electrons. The summed E-state index contributed by atoms with van der Waals surface area (Å²) in [4.78, 5) is 39.6. The van der Waals surface area contributed by atoms with E-state index in [0.29, 0.717) is 31.0 Å². The largest absolute Gasteiger partial charge is 0.466 e. The lowest BCUT2D eigenvalue weighted by molar-refractivity contribution is -0.150. The van der Waals surface area contributed by atoms with Gasteiger partial charge in [-0.2, -0.15) is 0 Å². The van der Waals surface area contributed by atoms with Gasteiger partial charge in [0.25, 0.3) is 0 Å². The summed E-state index contributed by atoms with van der Waals surface area (Å²) >= 11 is 3.45. The molecule has 1 saturated heterocycles. The molecule has 2 amide bonds. The van der Waals surface area contributed by atoms with Gasteiger partial charge >= 0.3 is 18.0 Å². The number of rotatable bonds is 7. The van der Waals surface area contributed by atoms with Gasteiger partial charge in [0.15, 0.2) is 0 Å². The fraction of sp³-hybridized carbons (Fsp3) is 0.500. The van der Waals surface area contributed by atoms with Gasteiger partial charge in [0.2, 0.25) is 0 Å². The number of nitrogens with zero attached hydrogens (tertiary/aromatic N) is 1. The van der Waals surface area contributed by atoms with Crippen LogP contribution in [0.1, 0.15) is 38.3 Å². The third kappa shape index (κ3) is 5.86. The van der Waals surface area contributed by atoms with E-state index in [4.69, 9.17) is 9.47 Å². The molecule has 31 heavy (non-hydrogen) atoms. The maximum atomic E-state index is 12.9. The molecule has 2 atom stereocenters. The molecule has 2 aliphatic rings. The zero-order chi connectivity index (χ0) is 22.4. The van der Waals surface area contributed by atoms with Crippen molar-refractivity contribution in [1.82, 2.24) is 15.5 Å². The Labute approximate surface area is 190 Å². The highest BCUT2D eigenvalue weighted by Gasteiger charge is 2.35. The molecule has 2 heterocycles. The van der Waals surface area contributed by atoms with Crippen molar-refractivity contribution in [2.75, 3.05) is 32.8 Å². The van der Waals surface area contributed by atoms with E-state index in [-0.39, 0.29) is 24.5 Å². The van der Waals surface area contributed by atoms with Crippen LogP contribution in [-0.4, -0.2) is 55.7 Å². The van der Waals surface area contributed by atoms with Crippen molar-refractivity contribution >= 4 is 33.9 Å². The Kier molecular flexibility index (Phi) is 8.09. The lowest BCUT2D eigenvalue weighted by atomic mass is 9.94. The number of hydrogen-bond donors (Lipinski definition) is 2. The third-order valence-corrected chi connectivity index (χ3v) is 5.83. The molecule has 0 aromatic heterocycles. The van der Waals surface area contributed by atoms with Gasteiger partial charge in [0.05, 0.1) is 30.7 Å². The van der Waals surface area contributed by atoms with Crippen molar-refractivity contribution in [2.24, 2.45) is 5.92 Å². The molecule has 2 aliphatic heterocycles. The van der Waals surface area contributed by atoms with Gasteiger partial charge in [-0.1, -0.05) is 28.1 Å². The zero-order valence-electron chi connectivity index (χ0n) is 17.8. The fourth-order valence-corrected chi connectivity index (χ4v) is 4.42. The number of esters is 2. The predicted octanol–water partition coefficient (Wildman–Crippen LogP) is 2.90. The van der Waals surface area contributed by atoms with Crippen molar-refractivity contribution in [3.63, 3.8) is 0 Å². The summed E-state index contributed by atoms with van der Waals surface area (Å²) in [6, 6.07) is 6.44. The van der Waals surface area contributed by atoms with Crippen molar-refractivity contribution in [2.45, 2.75) is 32.7 Å². The van der Waals surface area contributed by atoms with E-state index in [2.05, 4.69) is 31.5 Å². The normalized spacial score (nSPS) is 21.8. The number of carbonyl (C=O) groups excluding carboxylic acids is 3. The number of ether oxygens (including phenoxy) is 2. The molecule has 0 aliphatic carbocycles. The lowest BCUT2D eigenvalue weighted by Crippen LogP contribution is -2.50. The Balaban J connectivity index is 1.91. The van der Waals surface area contributed by atoms with Gasteiger partial charge in [-0.15, -0.1) is 0 Å². The van der Waals surface area contributed by atoms with Gasteiger partial charge in [-0.3, -0.25) is 9.69 Å². The topological polar surface area (TPSA) is 97.0 Å². The summed E-state index contributed by atoms with van der Waals surface area (Å²) < 4.78 is 11.3. The van der Waals surface area contributed by atoms with E-state index >= 15 is 0 Å². The number of halogens is 1. The first kappa shape index (κ1) is 23.3. The SMILES string of the molecule is CCOC(=O)C1=C(CN2CCC[C@@H](C(=O)OCC)C2)NC(=O)N[C@H]1c1cccc(Br)c1. The molecule has 1 aromatic rings. The maximum Gasteiger partial charge on any atom is 0.338 e. The van der Waals surface area contributed by atoms with E-state index in [9.17, 15) is 14.4 Å². The molecule has 9 heteroatoms. The second kappa shape index (κ2) is 10.8. The van der Waals surface area contributed by atoms with Crippen LogP contribution in [0.2, 0.25) is 0 Å². The smallest absolute Gasteiger partial charge is 0.338 e. The van der Waals surface area contributed by atoms with Crippen LogP contribution in [0.4, 0.5) is 4.79 Å². The zero-order valence-corrected chi connectivity index (χ0v) is 19.4. The summed E-state index contributed by atoms with van der Waals surface area (Å²) in [7, 11) is 0. The van der Waals surface area contributed by atoms with Crippen LogP contribution < -0.4 is 10.6 Å². The molecule has 2 N–H and O–H groups in total. The Hall–Kier alpha value is -2.39. The average Bonchev–Trinajstić information content (AvgIpc) is 2.74. The van der Waals surface area contributed by atoms with E-state index in [1.165, 1.54) is 0 Å². The minimum absolute atomic E-state index is 0.201. The number of piperidine rings is 1. The monoisotopic (exact) mass is 493 g/mol. The summed E-state index contributed by atoms with van der Waals surface area (Å²) in [6.45, 7) is 5.73. The number of nitrogens with one attached hydrogen (secondary N) is 2. The third-order valence-electron chi connectivity index (χ3n) is 5.34. The molecule has 0 saturated carbocycles. The van der Waals surface area contributed by atoms with Crippen molar-refractivity contribution in [3.05, 3.63) is 45.6 Å². The molecule has 1 fully saturated rings. The number of likely N-dealkylation sites (tertiary alicyclic amines) is 1. The van der Waals surface area contributed by atoms with E-state index in [1.807, 2.05) is 24.3 Å². The van der Waals surface area contributed by atoms with E-state index in [0.717, 1.165) is 29.4 Å². The minimum atomic E-state index is -0.633. The first-order valence-electron chi connectivity index (χ1n) is 10.5. The first-order chi connectivity index (χ1) is 14.9. The summed E-state index contributed by atoms with van der Waals surface area (Å²) in [5.41, 5.74) is 1.64. The molecule has 0 bridgehead atoms. The molecule has 0 unspecified atom stereocenters. The first-order valence-corrected chi connectivity index (χ1v) is 11.3. The van der Waals surface area contributed by atoms with Crippen LogP contribution >= 0.6 is 15.9 Å². The van der Waals surface area contributed by atoms with Crippen LogP contribution in [0.25, 0.3) is 0 Å². The average molecular weight is 494 g/mol. The Morgan fingerprint density at radius 3 is 2.71 bits per heavy atom. The molecule has 8 nitrogen and oxygen atoms in total. The molecular weight excluding hydrogens is 466 g/mol. The lowest BCUT2D eigenvalue weighted by Gasteiger charge is -2.35. The Bertz CT molecular complexity index is 872. The van der Waals surface area contributed by atoms with Gasteiger partial charge in [-0.05, 0) is 50.9 Å². The quantitative estimate of drug-likeness (QED) is 0.566. The highest BCUT2D eigenvalue weighted by Crippen LogP contribution is 2.30. The van der Waals surface area contributed by atoms with E-state index < -0.39 is 12.0 Å². The highest BCUT2D eigenvalue weighted by molar-refractivity contribution is 9.10. The van der Waals surface area contributed by atoms with Gasteiger partial charge in [0.1, 0.15) is 0 Å². The highest BCUT2D eigenvalue weighted by atomic mass is 79.9. The number of urea groups is 1. The summed E-state index contributed by atoms with van der Waals surface area (Å²) in [5.74, 6) is -0.888. The summed E-state index contributed by atoms with van der Waals surface area (Å²) in [6.07, 6.45) is 1.61. The predicted molar refractivity (Wildman–Crippen MR) is 118 cm³/mol. The van der Waals surface area contributed by atoms with Gasteiger partial charge in [-0.25, -0.2) is 9.59 Å². The molecule has 1 aromatic carbocycles. The van der Waals surface area contributed by atoms with Gasteiger partial charge in [0, 0.05) is 23.3 Å². The Morgan fingerprint density at radius 2 is 2.00 bits per heavy atom. The van der Waals surface area contributed by atoms with Crippen LogP contribution in [-0.2, 0) is 19.1 Å². The second-order valence-corrected chi connectivity index (χ2v) is 8.44. The number of benzene rings is 1. The number of amides is 2. The van der Waals surface area contributed by atoms with Crippen molar-refractivity contribution < 1.29 is 23.9 Å². The Morgan fingerprint density at radius 1 is 1.23 bits per heavy atom. The van der Waals surface area contributed by atoms with Crippen LogP contribution in [0.5, 0.6) is 0 Å². The molecule has 3 rings (SSSR count). The fourth-order valence-electron chi connectivity index (χ4n) is 4.00. The standard InChI is InChI=1S/C22H28BrN3O5/c1-3-30-20(27)15-8-6-10-26(12-15)13-17-18(21(28)31-4-2)19(25-22(29)24-17)14-7-5-9-16(23)11-14/h5,7,9,11,15,19H,3-4,6,8,10,12-13H2,1-2H3,(H2,24,25,29)/t15-,19+/m1/s1. The number of carbonyl (C=O) groups is 3. The van der Waals surface area contributed by atoms with Crippen LogP contribution in [0.3, 0.4) is 0 Å². The maximum absolute atomic E-state index is 12.9. The van der Waals surface area contributed by atoms with E-state index in [1.54, 1.807) is 13.8 Å². The molecule has 168 valence electrons. The van der Waals surface area contributed by atoms with Gasteiger partial charge < -0.3 is 20.1 Å². The van der Waals surface area contributed by atoms with Crippen molar-refractivity contribution in [1.29, 1.82) is 0 Å². The number of hydrogen-bond acceptors (Lipinski definition) is 6. The molecular formula is C22H28BrN3O5.